The highest BCUT2D eigenvalue weighted by atomic mass is 35.5. The minimum atomic E-state index is -0.0873. The second-order valence-electron chi connectivity index (χ2n) is 4.25. The molecule has 1 N–H and O–H groups in total. The van der Waals surface area contributed by atoms with Crippen LogP contribution in [-0.4, -0.2) is 34.9 Å². The van der Waals surface area contributed by atoms with Gasteiger partial charge in [-0.3, -0.25) is 4.79 Å². The first-order chi connectivity index (χ1) is 7.93. The average Bonchev–Trinajstić information content (AvgIpc) is 2.28. The third-order valence-electron chi connectivity index (χ3n) is 2.74. The molecular formula is C13H18ClNO2. The van der Waals surface area contributed by atoms with E-state index in [1.165, 1.54) is 0 Å². The number of carbonyl (C=O) groups excluding carboxylic acids is 1. The van der Waals surface area contributed by atoms with E-state index in [4.69, 9.17) is 11.6 Å². The van der Waals surface area contributed by atoms with Crippen molar-refractivity contribution in [1.29, 1.82) is 0 Å². The standard InChI is InChI=1S/C13H18ClNO2/c1-9(14)7-8-15(3)13(17)11-5-4-6-12(16)10(11)2/h4-6,9,16H,7-8H2,1-3H3. The molecule has 1 amide bonds. The van der Waals surface area contributed by atoms with Gasteiger partial charge in [-0.15, -0.1) is 11.6 Å². The van der Waals surface area contributed by atoms with Crippen LogP contribution in [0.15, 0.2) is 18.2 Å². The molecule has 0 aliphatic carbocycles. The van der Waals surface area contributed by atoms with Crippen LogP contribution >= 0.6 is 11.6 Å². The summed E-state index contributed by atoms with van der Waals surface area (Å²) in [6, 6.07) is 4.97. The highest BCUT2D eigenvalue weighted by Gasteiger charge is 2.15. The van der Waals surface area contributed by atoms with E-state index in [1.807, 2.05) is 6.92 Å². The fourth-order valence-corrected chi connectivity index (χ4v) is 1.63. The number of alkyl halides is 1. The molecule has 0 saturated carbocycles. The number of hydrogen-bond acceptors (Lipinski definition) is 2. The molecule has 1 rings (SSSR count). The van der Waals surface area contributed by atoms with Gasteiger partial charge in [-0.2, -0.15) is 0 Å². The Labute approximate surface area is 107 Å². The van der Waals surface area contributed by atoms with Gasteiger partial charge in [0.2, 0.25) is 0 Å². The maximum atomic E-state index is 12.1. The summed E-state index contributed by atoms with van der Waals surface area (Å²) >= 11 is 5.85. The second kappa shape index (κ2) is 5.92. The lowest BCUT2D eigenvalue weighted by Crippen LogP contribution is -2.29. The van der Waals surface area contributed by atoms with Gasteiger partial charge in [0.25, 0.3) is 5.91 Å². The molecular weight excluding hydrogens is 238 g/mol. The molecule has 0 bridgehead atoms. The Balaban J connectivity index is 2.78. The average molecular weight is 256 g/mol. The topological polar surface area (TPSA) is 40.5 Å². The van der Waals surface area contributed by atoms with Crippen LogP contribution in [0.2, 0.25) is 0 Å². The molecule has 0 saturated heterocycles. The summed E-state index contributed by atoms with van der Waals surface area (Å²) in [5.41, 5.74) is 1.15. The fraction of sp³-hybridized carbons (Fsp3) is 0.462. The molecule has 1 aromatic rings. The van der Waals surface area contributed by atoms with Crippen LogP contribution in [0.3, 0.4) is 0 Å². The SMILES string of the molecule is Cc1c(O)cccc1C(=O)N(C)CCC(C)Cl. The summed E-state index contributed by atoms with van der Waals surface area (Å²) in [5, 5.41) is 9.61. The number of halogens is 1. The first-order valence-corrected chi connectivity index (χ1v) is 6.05. The Morgan fingerprint density at radius 3 is 2.76 bits per heavy atom. The van der Waals surface area contributed by atoms with Crippen LogP contribution in [0.25, 0.3) is 0 Å². The lowest BCUT2D eigenvalue weighted by Gasteiger charge is -2.19. The zero-order chi connectivity index (χ0) is 13.0. The van der Waals surface area contributed by atoms with E-state index in [9.17, 15) is 9.90 Å². The Morgan fingerprint density at radius 2 is 2.18 bits per heavy atom. The van der Waals surface area contributed by atoms with Crippen molar-refractivity contribution in [3.63, 3.8) is 0 Å². The Kier molecular flexibility index (Phi) is 4.82. The number of benzene rings is 1. The van der Waals surface area contributed by atoms with E-state index in [2.05, 4.69) is 0 Å². The van der Waals surface area contributed by atoms with Crippen molar-refractivity contribution in [2.75, 3.05) is 13.6 Å². The molecule has 3 nitrogen and oxygen atoms in total. The fourth-order valence-electron chi connectivity index (χ4n) is 1.53. The van der Waals surface area contributed by atoms with E-state index < -0.39 is 0 Å². The smallest absolute Gasteiger partial charge is 0.253 e. The Hall–Kier alpha value is -1.22. The van der Waals surface area contributed by atoms with Crippen molar-refractivity contribution in [1.82, 2.24) is 4.90 Å². The molecule has 94 valence electrons. The van der Waals surface area contributed by atoms with E-state index in [0.29, 0.717) is 17.7 Å². The molecule has 0 aliphatic heterocycles. The minimum Gasteiger partial charge on any atom is -0.508 e. The first kappa shape index (κ1) is 13.8. The third kappa shape index (κ3) is 3.63. The van der Waals surface area contributed by atoms with E-state index in [0.717, 1.165) is 6.42 Å². The highest BCUT2D eigenvalue weighted by Crippen LogP contribution is 2.20. The molecule has 4 heteroatoms. The number of phenols is 1. The zero-order valence-corrected chi connectivity index (χ0v) is 11.2. The second-order valence-corrected chi connectivity index (χ2v) is 4.99. The monoisotopic (exact) mass is 255 g/mol. The predicted molar refractivity (Wildman–Crippen MR) is 69.7 cm³/mol. The van der Waals surface area contributed by atoms with Gasteiger partial charge in [-0.25, -0.2) is 0 Å². The molecule has 1 aromatic carbocycles. The molecule has 0 aromatic heterocycles. The van der Waals surface area contributed by atoms with Gasteiger partial charge in [0, 0.05) is 30.1 Å². The maximum Gasteiger partial charge on any atom is 0.253 e. The number of amides is 1. The van der Waals surface area contributed by atoms with Crippen molar-refractivity contribution in [3.05, 3.63) is 29.3 Å². The number of aromatic hydroxyl groups is 1. The summed E-state index contributed by atoms with van der Waals surface area (Å²) in [6.07, 6.45) is 0.752. The van der Waals surface area contributed by atoms with Crippen LogP contribution in [0, 0.1) is 6.92 Å². The van der Waals surface area contributed by atoms with Gasteiger partial charge >= 0.3 is 0 Å². The molecule has 0 fully saturated rings. The van der Waals surface area contributed by atoms with E-state index >= 15 is 0 Å². The molecule has 17 heavy (non-hydrogen) atoms. The van der Waals surface area contributed by atoms with E-state index in [-0.39, 0.29) is 17.0 Å². The normalized spacial score (nSPS) is 12.2. The zero-order valence-electron chi connectivity index (χ0n) is 10.4. The predicted octanol–water partition coefficient (Wildman–Crippen LogP) is 2.79. The number of nitrogens with zero attached hydrogens (tertiary/aromatic N) is 1. The van der Waals surface area contributed by atoms with Gasteiger partial charge in [-0.1, -0.05) is 6.07 Å². The van der Waals surface area contributed by atoms with Gasteiger partial charge in [0.1, 0.15) is 5.75 Å². The largest absolute Gasteiger partial charge is 0.508 e. The van der Waals surface area contributed by atoms with Gasteiger partial charge in [0.15, 0.2) is 0 Å². The van der Waals surface area contributed by atoms with Gasteiger partial charge < -0.3 is 10.0 Å². The molecule has 0 heterocycles. The molecule has 0 spiro atoms. The first-order valence-electron chi connectivity index (χ1n) is 5.61. The van der Waals surface area contributed by atoms with Crippen LogP contribution in [-0.2, 0) is 0 Å². The number of rotatable bonds is 4. The summed E-state index contributed by atoms with van der Waals surface area (Å²) < 4.78 is 0. The number of carbonyl (C=O) groups is 1. The Morgan fingerprint density at radius 1 is 1.53 bits per heavy atom. The molecule has 0 radical (unpaired) electrons. The number of hydrogen-bond donors (Lipinski definition) is 1. The summed E-state index contributed by atoms with van der Waals surface area (Å²) in [5.74, 6) is 0.0608. The van der Waals surface area contributed by atoms with Crippen molar-refractivity contribution in [3.8, 4) is 5.75 Å². The van der Waals surface area contributed by atoms with Crippen molar-refractivity contribution < 1.29 is 9.90 Å². The number of phenolic OH excluding ortho intramolecular Hbond substituents is 1. The van der Waals surface area contributed by atoms with Crippen LogP contribution in [0.1, 0.15) is 29.3 Å². The van der Waals surface area contributed by atoms with Crippen LogP contribution in [0.5, 0.6) is 5.75 Å². The summed E-state index contributed by atoms with van der Waals surface area (Å²) in [6.45, 7) is 4.25. The molecule has 0 aliphatic rings. The lowest BCUT2D eigenvalue weighted by atomic mass is 10.1. The van der Waals surface area contributed by atoms with Crippen molar-refractivity contribution in [2.45, 2.75) is 25.6 Å². The van der Waals surface area contributed by atoms with Crippen LogP contribution in [0.4, 0.5) is 0 Å². The lowest BCUT2D eigenvalue weighted by molar-refractivity contribution is 0.0792. The van der Waals surface area contributed by atoms with Crippen molar-refractivity contribution in [2.24, 2.45) is 0 Å². The minimum absolute atomic E-state index is 0.0514. The van der Waals surface area contributed by atoms with Crippen LogP contribution < -0.4 is 0 Å². The summed E-state index contributed by atoms with van der Waals surface area (Å²) in [4.78, 5) is 13.7. The molecule has 1 atom stereocenters. The van der Waals surface area contributed by atoms with Gasteiger partial charge in [-0.05, 0) is 32.4 Å². The van der Waals surface area contributed by atoms with Gasteiger partial charge in [0.05, 0.1) is 0 Å². The third-order valence-corrected chi connectivity index (χ3v) is 2.96. The highest BCUT2D eigenvalue weighted by molar-refractivity contribution is 6.20. The Bertz CT molecular complexity index is 404. The quantitative estimate of drug-likeness (QED) is 0.841. The molecule has 1 unspecified atom stereocenters. The summed E-state index contributed by atoms with van der Waals surface area (Å²) in [7, 11) is 1.74. The van der Waals surface area contributed by atoms with E-state index in [1.54, 1.807) is 37.1 Å². The van der Waals surface area contributed by atoms with Crippen molar-refractivity contribution >= 4 is 17.5 Å². The maximum absolute atomic E-state index is 12.1.